The summed E-state index contributed by atoms with van der Waals surface area (Å²) in [5.41, 5.74) is 0.279. The van der Waals surface area contributed by atoms with Gasteiger partial charge in [0, 0.05) is 11.9 Å². The quantitative estimate of drug-likeness (QED) is 0.621. The molecule has 0 saturated carbocycles. The standard InChI is InChI=1S/C9H11NO2S2/c1-2-6-13-14-8-7(9(11)12)4-3-5-10-8/h3-5H,2,6H2,1H3,(H,11,12). The lowest BCUT2D eigenvalue weighted by Gasteiger charge is -2.02. The number of pyridine rings is 1. The van der Waals surface area contributed by atoms with E-state index in [4.69, 9.17) is 5.11 Å². The molecule has 1 rings (SSSR count). The van der Waals surface area contributed by atoms with Gasteiger partial charge in [-0.15, -0.1) is 0 Å². The second kappa shape index (κ2) is 5.93. The summed E-state index contributed by atoms with van der Waals surface area (Å²) in [7, 11) is 3.05. The molecule has 0 aromatic carbocycles. The molecule has 14 heavy (non-hydrogen) atoms. The number of carboxylic acid groups (broad SMARTS) is 1. The van der Waals surface area contributed by atoms with Gasteiger partial charge in [-0.05, 0) is 29.3 Å². The van der Waals surface area contributed by atoms with Gasteiger partial charge in [-0.3, -0.25) is 0 Å². The predicted molar refractivity (Wildman–Crippen MR) is 59.8 cm³/mol. The van der Waals surface area contributed by atoms with Crippen molar-refractivity contribution in [3.63, 3.8) is 0 Å². The SMILES string of the molecule is CCCSSc1ncccc1C(=O)O. The van der Waals surface area contributed by atoms with E-state index in [2.05, 4.69) is 11.9 Å². The Labute approximate surface area is 90.7 Å². The maximum Gasteiger partial charge on any atom is 0.338 e. The van der Waals surface area contributed by atoms with Crippen molar-refractivity contribution in [1.82, 2.24) is 4.98 Å². The average Bonchev–Trinajstić information content (AvgIpc) is 2.19. The molecule has 0 spiro atoms. The van der Waals surface area contributed by atoms with Crippen molar-refractivity contribution < 1.29 is 9.90 Å². The molecule has 0 bridgehead atoms. The molecule has 0 amide bonds. The molecule has 5 heteroatoms. The molecule has 1 N–H and O–H groups in total. The van der Waals surface area contributed by atoms with E-state index in [1.165, 1.54) is 10.8 Å². The molecular formula is C9H11NO2S2. The van der Waals surface area contributed by atoms with Crippen molar-refractivity contribution in [2.45, 2.75) is 18.4 Å². The van der Waals surface area contributed by atoms with E-state index in [1.54, 1.807) is 29.1 Å². The molecule has 0 radical (unpaired) electrons. The van der Waals surface area contributed by atoms with Crippen molar-refractivity contribution in [3.05, 3.63) is 23.9 Å². The zero-order valence-corrected chi connectivity index (χ0v) is 9.40. The maximum atomic E-state index is 10.8. The third-order valence-corrected chi connectivity index (χ3v) is 3.93. The Kier molecular flexibility index (Phi) is 4.82. The number of aromatic carboxylic acids is 1. The van der Waals surface area contributed by atoms with E-state index in [0.29, 0.717) is 5.03 Å². The number of rotatable bonds is 5. The fraction of sp³-hybridized carbons (Fsp3) is 0.333. The maximum absolute atomic E-state index is 10.8. The summed E-state index contributed by atoms with van der Waals surface area (Å²) in [6, 6.07) is 3.21. The van der Waals surface area contributed by atoms with Crippen molar-refractivity contribution >= 4 is 27.6 Å². The summed E-state index contributed by atoms with van der Waals surface area (Å²) in [6.45, 7) is 2.09. The van der Waals surface area contributed by atoms with Crippen LogP contribution in [0.5, 0.6) is 0 Å². The second-order valence-corrected chi connectivity index (χ2v) is 4.97. The highest BCUT2D eigenvalue weighted by atomic mass is 33.1. The molecule has 0 fully saturated rings. The molecule has 1 aromatic rings. The number of carboxylic acids is 1. The van der Waals surface area contributed by atoms with E-state index in [9.17, 15) is 4.79 Å². The molecule has 76 valence electrons. The first kappa shape index (κ1) is 11.4. The van der Waals surface area contributed by atoms with Gasteiger partial charge in [0.2, 0.25) is 0 Å². The van der Waals surface area contributed by atoms with Crippen LogP contribution < -0.4 is 0 Å². The number of hydrogen-bond donors (Lipinski definition) is 1. The minimum absolute atomic E-state index is 0.279. The molecular weight excluding hydrogens is 218 g/mol. The van der Waals surface area contributed by atoms with Crippen LogP contribution in [0.3, 0.4) is 0 Å². The number of hydrogen-bond acceptors (Lipinski definition) is 4. The molecule has 1 aromatic heterocycles. The van der Waals surface area contributed by atoms with Crippen LogP contribution in [-0.2, 0) is 0 Å². The van der Waals surface area contributed by atoms with Gasteiger partial charge in [0.15, 0.2) is 0 Å². The first-order valence-corrected chi connectivity index (χ1v) is 6.55. The van der Waals surface area contributed by atoms with Crippen LogP contribution in [0.2, 0.25) is 0 Å². The Morgan fingerprint density at radius 3 is 3.07 bits per heavy atom. The molecule has 0 aliphatic rings. The van der Waals surface area contributed by atoms with Gasteiger partial charge in [-0.1, -0.05) is 17.7 Å². The van der Waals surface area contributed by atoms with Crippen LogP contribution in [0.4, 0.5) is 0 Å². The summed E-state index contributed by atoms with van der Waals surface area (Å²) in [6.07, 6.45) is 2.69. The van der Waals surface area contributed by atoms with Gasteiger partial charge in [-0.25, -0.2) is 9.78 Å². The minimum atomic E-state index is -0.919. The van der Waals surface area contributed by atoms with Crippen LogP contribution in [0.15, 0.2) is 23.4 Å². The third kappa shape index (κ3) is 3.23. The highest BCUT2D eigenvalue weighted by molar-refractivity contribution is 8.76. The van der Waals surface area contributed by atoms with Crippen LogP contribution in [-0.4, -0.2) is 21.8 Å². The lowest BCUT2D eigenvalue weighted by Crippen LogP contribution is -1.99. The Hall–Kier alpha value is -0.680. The van der Waals surface area contributed by atoms with Crippen LogP contribution in [0.25, 0.3) is 0 Å². The fourth-order valence-electron chi connectivity index (χ4n) is 0.801. The van der Waals surface area contributed by atoms with Crippen molar-refractivity contribution in [2.75, 3.05) is 5.75 Å². The Balaban J connectivity index is 2.69. The van der Waals surface area contributed by atoms with E-state index >= 15 is 0 Å². The molecule has 1 heterocycles. The van der Waals surface area contributed by atoms with Crippen molar-refractivity contribution in [2.24, 2.45) is 0 Å². The highest BCUT2D eigenvalue weighted by Crippen LogP contribution is 2.31. The lowest BCUT2D eigenvalue weighted by molar-refractivity contribution is 0.0692. The van der Waals surface area contributed by atoms with Gasteiger partial charge in [0.05, 0.1) is 5.56 Å². The first-order valence-electron chi connectivity index (χ1n) is 4.23. The van der Waals surface area contributed by atoms with Crippen LogP contribution >= 0.6 is 21.6 Å². The van der Waals surface area contributed by atoms with Gasteiger partial charge in [-0.2, -0.15) is 0 Å². The van der Waals surface area contributed by atoms with Gasteiger partial charge >= 0.3 is 5.97 Å². The topological polar surface area (TPSA) is 50.2 Å². The normalized spacial score (nSPS) is 10.1. The largest absolute Gasteiger partial charge is 0.478 e. The van der Waals surface area contributed by atoms with Crippen molar-refractivity contribution in [3.8, 4) is 0 Å². The van der Waals surface area contributed by atoms with Gasteiger partial charge in [0.25, 0.3) is 0 Å². The Morgan fingerprint density at radius 1 is 1.64 bits per heavy atom. The zero-order valence-electron chi connectivity index (χ0n) is 7.77. The number of carbonyl (C=O) groups is 1. The van der Waals surface area contributed by atoms with Gasteiger partial charge < -0.3 is 5.11 Å². The molecule has 0 saturated heterocycles. The summed E-state index contributed by atoms with van der Waals surface area (Å²) < 4.78 is 0. The van der Waals surface area contributed by atoms with E-state index < -0.39 is 5.97 Å². The molecule has 3 nitrogen and oxygen atoms in total. The molecule has 0 aliphatic heterocycles. The predicted octanol–water partition coefficient (Wildman–Crippen LogP) is 2.93. The Bertz CT molecular complexity index is 317. The van der Waals surface area contributed by atoms with Crippen LogP contribution in [0, 0.1) is 0 Å². The minimum Gasteiger partial charge on any atom is -0.478 e. The van der Waals surface area contributed by atoms with Crippen molar-refractivity contribution in [1.29, 1.82) is 0 Å². The third-order valence-electron chi connectivity index (χ3n) is 1.43. The number of nitrogens with zero attached hydrogens (tertiary/aromatic N) is 1. The first-order chi connectivity index (χ1) is 6.75. The summed E-state index contributed by atoms with van der Waals surface area (Å²) in [5, 5.41) is 9.44. The summed E-state index contributed by atoms with van der Waals surface area (Å²) in [4.78, 5) is 14.8. The van der Waals surface area contributed by atoms with Crippen LogP contribution in [0.1, 0.15) is 23.7 Å². The molecule has 0 aliphatic carbocycles. The molecule has 0 atom stereocenters. The van der Waals surface area contributed by atoms with E-state index in [1.807, 2.05) is 0 Å². The summed E-state index contributed by atoms with van der Waals surface area (Å²) in [5.74, 6) is 0.0815. The zero-order chi connectivity index (χ0) is 10.4. The number of aromatic nitrogens is 1. The monoisotopic (exact) mass is 229 g/mol. The van der Waals surface area contributed by atoms with E-state index in [-0.39, 0.29) is 5.56 Å². The van der Waals surface area contributed by atoms with Gasteiger partial charge in [0.1, 0.15) is 5.03 Å². The summed E-state index contributed by atoms with van der Waals surface area (Å²) >= 11 is 0. The molecule has 0 unspecified atom stereocenters. The lowest BCUT2D eigenvalue weighted by atomic mass is 10.3. The fourth-order valence-corrected chi connectivity index (χ4v) is 2.99. The smallest absolute Gasteiger partial charge is 0.338 e. The second-order valence-electron chi connectivity index (χ2n) is 2.57. The average molecular weight is 229 g/mol. The Morgan fingerprint density at radius 2 is 2.43 bits per heavy atom. The van der Waals surface area contributed by atoms with E-state index in [0.717, 1.165) is 12.2 Å². The highest BCUT2D eigenvalue weighted by Gasteiger charge is 2.10.